The predicted molar refractivity (Wildman–Crippen MR) is 70.7 cm³/mol. The van der Waals surface area contributed by atoms with Crippen LogP contribution in [0.2, 0.25) is 0 Å². The van der Waals surface area contributed by atoms with Crippen LogP contribution in [0, 0.1) is 6.57 Å². The van der Waals surface area contributed by atoms with Gasteiger partial charge in [-0.05, 0) is 25.3 Å². The highest BCUT2D eigenvalue weighted by Gasteiger charge is 2.33. The largest absolute Gasteiger partial charge is 0.351 e. The van der Waals surface area contributed by atoms with Gasteiger partial charge >= 0.3 is 0 Å². The molecule has 0 aliphatic carbocycles. The van der Waals surface area contributed by atoms with E-state index in [-0.39, 0.29) is 16.6 Å². The molecule has 1 aromatic rings. The van der Waals surface area contributed by atoms with E-state index in [2.05, 4.69) is 19.5 Å². The zero-order valence-corrected chi connectivity index (χ0v) is 11.2. The molecule has 1 atom stereocenters. The molecule has 0 saturated carbocycles. The highest BCUT2D eigenvalue weighted by Crippen LogP contribution is 2.33. The fourth-order valence-electron chi connectivity index (χ4n) is 2.68. The fraction of sp³-hybridized carbons (Fsp3) is 0.500. The smallest absolute Gasteiger partial charge is 0.243 e. The second-order valence-corrected chi connectivity index (χ2v) is 6.56. The van der Waals surface area contributed by atoms with Gasteiger partial charge in [-0.3, -0.25) is 0 Å². The van der Waals surface area contributed by atoms with Gasteiger partial charge in [0.25, 0.3) is 0 Å². The van der Waals surface area contributed by atoms with Crippen molar-refractivity contribution in [1.82, 2.24) is 9.71 Å². The zero-order chi connectivity index (χ0) is 13.5. The summed E-state index contributed by atoms with van der Waals surface area (Å²) in [5.41, 5.74) is 0.250. The van der Waals surface area contributed by atoms with Crippen LogP contribution in [0.3, 0.4) is 0 Å². The minimum atomic E-state index is -3.57. The number of anilines is 1. The summed E-state index contributed by atoms with van der Waals surface area (Å²) in [6.07, 6.45) is 4.56. The van der Waals surface area contributed by atoms with Crippen molar-refractivity contribution in [2.45, 2.75) is 30.2 Å². The Bertz CT molecular complexity index is 650. The van der Waals surface area contributed by atoms with E-state index in [1.165, 1.54) is 12.3 Å². The first-order valence-electron chi connectivity index (χ1n) is 6.25. The van der Waals surface area contributed by atoms with Crippen molar-refractivity contribution in [3.05, 3.63) is 23.7 Å². The number of nitrogens with one attached hydrogen (secondary N) is 1. The number of piperidine rings is 1. The summed E-state index contributed by atoms with van der Waals surface area (Å²) in [4.78, 5) is 9.67. The molecule has 3 rings (SSSR count). The summed E-state index contributed by atoms with van der Waals surface area (Å²) < 4.78 is 27.1. The summed E-state index contributed by atoms with van der Waals surface area (Å²) in [5.74, 6) is 0.488. The van der Waals surface area contributed by atoms with Gasteiger partial charge in [-0.15, -0.1) is 0 Å². The minimum Gasteiger partial charge on any atom is -0.351 e. The quantitative estimate of drug-likeness (QED) is 0.726. The average Bonchev–Trinajstić information content (AvgIpc) is 2.55. The molecule has 6 nitrogen and oxygen atoms in total. The van der Waals surface area contributed by atoms with E-state index in [4.69, 9.17) is 6.57 Å². The normalized spacial score (nSPS) is 24.8. The summed E-state index contributed by atoms with van der Waals surface area (Å²) >= 11 is 0. The van der Waals surface area contributed by atoms with Crippen molar-refractivity contribution in [3.8, 4) is 0 Å². The van der Waals surface area contributed by atoms with Crippen LogP contribution in [-0.2, 0) is 10.0 Å². The lowest BCUT2D eigenvalue weighted by molar-refractivity contribution is 0.454. The van der Waals surface area contributed by atoms with Gasteiger partial charge in [0.1, 0.15) is 10.7 Å². The Balaban J connectivity index is 2.18. The predicted octanol–water partition coefficient (Wildman–Crippen LogP) is 1.28. The van der Waals surface area contributed by atoms with Gasteiger partial charge in [0, 0.05) is 25.3 Å². The maximum absolute atomic E-state index is 12.2. The monoisotopic (exact) mass is 278 g/mol. The van der Waals surface area contributed by atoms with E-state index in [1.807, 2.05) is 0 Å². The Kier molecular flexibility index (Phi) is 2.92. The molecule has 1 fully saturated rings. The highest BCUT2D eigenvalue weighted by molar-refractivity contribution is 7.89. The average molecular weight is 278 g/mol. The van der Waals surface area contributed by atoms with Gasteiger partial charge in [-0.1, -0.05) is 0 Å². The number of hydrogen-bond donors (Lipinski definition) is 1. The fourth-order valence-corrected chi connectivity index (χ4v) is 3.93. The molecule has 3 heterocycles. The molecular weight excluding hydrogens is 264 g/mol. The van der Waals surface area contributed by atoms with Crippen LogP contribution in [0.4, 0.5) is 11.5 Å². The van der Waals surface area contributed by atoms with Crippen LogP contribution in [0.1, 0.15) is 19.3 Å². The minimum absolute atomic E-state index is 0.130. The van der Waals surface area contributed by atoms with Crippen molar-refractivity contribution in [1.29, 1.82) is 0 Å². The van der Waals surface area contributed by atoms with Gasteiger partial charge in [-0.25, -0.2) is 23.0 Å². The van der Waals surface area contributed by atoms with E-state index < -0.39 is 10.0 Å². The van der Waals surface area contributed by atoms with Gasteiger partial charge < -0.3 is 4.90 Å². The number of pyridine rings is 1. The van der Waals surface area contributed by atoms with Crippen LogP contribution in [0.25, 0.3) is 4.85 Å². The van der Waals surface area contributed by atoms with Gasteiger partial charge in [0.15, 0.2) is 0 Å². The first kappa shape index (κ1) is 12.4. The van der Waals surface area contributed by atoms with E-state index in [9.17, 15) is 8.42 Å². The first-order chi connectivity index (χ1) is 9.12. The molecule has 100 valence electrons. The Morgan fingerprint density at radius 3 is 3.11 bits per heavy atom. The lowest BCUT2D eigenvalue weighted by Gasteiger charge is -2.35. The highest BCUT2D eigenvalue weighted by atomic mass is 32.2. The molecule has 0 spiro atoms. The molecule has 0 unspecified atom stereocenters. The van der Waals surface area contributed by atoms with Crippen molar-refractivity contribution in [2.75, 3.05) is 18.0 Å². The molecule has 0 radical (unpaired) electrons. The number of hydrogen-bond acceptors (Lipinski definition) is 4. The van der Waals surface area contributed by atoms with E-state index in [0.717, 1.165) is 25.8 Å². The van der Waals surface area contributed by atoms with Crippen molar-refractivity contribution < 1.29 is 8.42 Å². The third kappa shape index (κ3) is 2.07. The van der Waals surface area contributed by atoms with Crippen molar-refractivity contribution in [2.24, 2.45) is 0 Å². The number of rotatable bonds is 0. The number of sulfonamides is 1. The SMILES string of the molecule is [C-]#[N+]c1cnc2c(c1)S(=O)(=O)NC[C@@H]1CCCCN21. The van der Waals surface area contributed by atoms with Crippen LogP contribution in [-0.4, -0.2) is 32.5 Å². The molecule has 1 saturated heterocycles. The van der Waals surface area contributed by atoms with Gasteiger partial charge in [0.2, 0.25) is 15.7 Å². The molecule has 2 aliphatic rings. The molecule has 0 aromatic carbocycles. The second-order valence-electron chi connectivity index (χ2n) is 4.82. The molecular formula is C12H14N4O2S. The van der Waals surface area contributed by atoms with Crippen LogP contribution in [0.15, 0.2) is 17.2 Å². The molecule has 1 N–H and O–H groups in total. The summed E-state index contributed by atoms with van der Waals surface area (Å²) in [6.45, 7) is 8.21. The molecule has 0 bridgehead atoms. The Morgan fingerprint density at radius 1 is 1.47 bits per heavy atom. The van der Waals surface area contributed by atoms with Gasteiger partial charge in [0.05, 0.1) is 6.57 Å². The summed E-state index contributed by atoms with van der Waals surface area (Å²) in [5, 5.41) is 0. The third-order valence-electron chi connectivity index (χ3n) is 3.65. The lowest BCUT2D eigenvalue weighted by atomic mass is 10.0. The van der Waals surface area contributed by atoms with Crippen molar-refractivity contribution >= 4 is 21.5 Å². The third-order valence-corrected chi connectivity index (χ3v) is 5.07. The Labute approximate surface area is 112 Å². The number of aromatic nitrogens is 1. The maximum Gasteiger partial charge on any atom is 0.243 e. The molecule has 19 heavy (non-hydrogen) atoms. The van der Waals surface area contributed by atoms with Crippen LogP contribution >= 0.6 is 0 Å². The zero-order valence-electron chi connectivity index (χ0n) is 10.3. The topological polar surface area (TPSA) is 66.7 Å². The molecule has 7 heteroatoms. The standard InChI is InChI=1S/C12H14N4O2S/c1-13-9-6-11-12(14-7-9)16-5-3-2-4-10(16)8-15-19(11,17)18/h6-7,10,15H,2-5,8H2/t10-/m0/s1. The molecule has 0 amide bonds. The summed E-state index contributed by atoms with van der Waals surface area (Å²) in [7, 11) is -3.57. The molecule has 1 aromatic heterocycles. The van der Waals surface area contributed by atoms with E-state index >= 15 is 0 Å². The van der Waals surface area contributed by atoms with Crippen LogP contribution < -0.4 is 9.62 Å². The van der Waals surface area contributed by atoms with Crippen molar-refractivity contribution in [3.63, 3.8) is 0 Å². The first-order valence-corrected chi connectivity index (χ1v) is 7.74. The van der Waals surface area contributed by atoms with E-state index in [0.29, 0.717) is 12.4 Å². The Morgan fingerprint density at radius 2 is 2.32 bits per heavy atom. The van der Waals surface area contributed by atoms with Crippen LogP contribution in [0.5, 0.6) is 0 Å². The molecule has 2 aliphatic heterocycles. The Hall–Kier alpha value is -1.65. The van der Waals surface area contributed by atoms with E-state index in [1.54, 1.807) is 0 Å². The second kappa shape index (κ2) is 4.47. The number of fused-ring (bicyclic) bond motifs is 3. The summed E-state index contributed by atoms with van der Waals surface area (Å²) in [6, 6.07) is 1.57. The number of nitrogens with zero attached hydrogens (tertiary/aromatic N) is 3. The van der Waals surface area contributed by atoms with Gasteiger partial charge in [-0.2, -0.15) is 0 Å². The lowest BCUT2D eigenvalue weighted by Crippen LogP contribution is -2.44. The maximum atomic E-state index is 12.2.